The molecule has 176 valence electrons. The number of anilines is 5. The number of thiazole rings is 1. The zero-order valence-corrected chi connectivity index (χ0v) is 20.8. The summed E-state index contributed by atoms with van der Waals surface area (Å²) >= 11 is 1.56. The van der Waals surface area contributed by atoms with Crippen molar-refractivity contribution in [3.63, 3.8) is 0 Å². The highest BCUT2D eigenvalue weighted by Gasteiger charge is 2.52. The third kappa shape index (κ3) is 3.24. The molecule has 1 saturated heterocycles. The first-order valence-electron chi connectivity index (χ1n) is 11.8. The maximum Gasteiger partial charge on any atom is 0.448 e. The summed E-state index contributed by atoms with van der Waals surface area (Å²) in [6.45, 7) is 8.87. The van der Waals surface area contributed by atoms with Crippen LogP contribution in [-0.2, 0) is 0 Å². The van der Waals surface area contributed by atoms with Gasteiger partial charge in [-0.3, -0.25) is 19.9 Å². The van der Waals surface area contributed by atoms with Crippen molar-refractivity contribution in [1.29, 1.82) is 0 Å². The molecular weight excluding hydrogens is 448 g/mol. The zero-order chi connectivity index (χ0) is 23.6. The normalized spacial score (nSPS) is 19.5. The average Bonchev–Trinajstić information content (AvgIpc) is 3.21. The topological polar surface area (TPSA) is 62.7 Å². The number of nitrogens with one attached hydrogen (secondary N) is 1. The van der Waals surface area contributed by atoms with E-state index in [1.165, 1.54) is 5.69 Å². The maximum atomic E-state index is 13.3. The molecule has 1 atom stereocenters. The summed E-state index contributed by atoms with van der Waals surface area (Å²) in [5.74, 6) is 0.953. The third-order valence-corrected chi connectivity index (χ3v) is 8.02. The van der Waals surface area contributed by atoms with E-state index in [0.717, 1.165) is 53.4 Å². The number of piperazine rings is 1. The van der Waals surface area contributed by atoms with Crippen LogP contribution >= 0.6 is 11.3 Å². The number of carbonyl (C=O) groups is 1. The van der Waals surface area contributed by atoms with E-state index in [1.54, 1.807) is 11.3 Å². The van der Waals surface area contributed by atoms with Crippen LogP contribution in [0, 0.1) is 6.92 Å². The molecule has 34 heavy (non-hydrogen) atoms. The van der Waals surface area contributed by atoms with Crippen molar-refractivity contribution in [2.24, 2.45) is 0 Å². The number of fused-ring (bicyclic) bond motifs is 1. The number of likely N-dealkylation sites (N-methyl/N-ethyl adjacent to an activating group) is 1. The predicted octanol–water partition coefficient (Wildman–Crippen LogP) is 1.96. The van der Waals surface area contributed by atoms with Gasteiger partial charge in [-0.1, -0.05) is 4.57 Å². The molecule has 1 amide bonds. The van der Waals surface area contributed by atoms with Gasteiger partial charge >= 0.3 is 18.4 Å². The highest BCUT2D eigenvalue weighted by atomic mass is 32.1. The fraction of sp³-hybridized carbons (Fsp3) is 0.417. The van der Waals surface area contributed by atoms with Gasteiger partial charge in [-0.15, -0.1) is 11.3 Å². The third-order valence-electron chi connectivity index (χ3n) is 6.97. The van der Waals surface area contributed by atoms with Crippen molar-refractivity contribution < 1.29 is 13.9 Å². The number of carbonyl (C=O) groups excluding carboxylic acids is 1. The molecule has 1 unspecified atom stereocenters. The SMILES string of the molecule is CCN1C(=O)c2nc(C)sc2N(C)c2c1c[n+]1c[n+]2C1Nc1ccc(N2CCN(C)CC2)cc1. The molecule has 4 aliphatic rings. The van der Waals surface area contributed by atoms with Crippen LogP contribution in [0.3, 0.4) is 0 Å². The fourth-order valence-electron chi connectivity index (χ4n) is 5.04. The van der Waals surface area contributed by atoms with Crippen LogP contribution < -0.4 is 29.2 Å². The molecule has 2 bridgehead atoms. The fourth-order valence-corrected chi connectivity index (χ4v) is 5.91. The van der Waals surface area contributed by atoms with Crippen LogP contribution in [0.15, 0.2) is 36.8 Å². The number of hydrogen-bond acceptors (Lipinski definition) is 7. The van der Waals surface area contributed by atoms with E-state index in [1.807, 2.05) is 25.8 Å². The van der Waals surface area contributed by atoms with Gasteiger partial charge in [0.1, 0.15) is 5.00 Å². The molecule has 6 heterocycles. The summed E-state index contributed by atoms with van der Waals surface area (Å²) in [4.78, 5) is 26.6. The molecule has 7 rings (SSSR count). The van der Waals surface area contributed by atoms with Crippen molar-refractivity contribution in [3.05, 3.63) is 47.5 Å². The largest absolute Gasteiger partial charge is 0.448 e. The van der Waals surface area contributed by atoms with Gasteiger partial charge in [0.25, 0.3) is 5.91 Å². The summed E-state index contributed by atoms with van der Waals surface area (Å²) < 4.78 is 4.32. The van der Waals surface area contributed by atoms with Crippen molar-refractivity contribution >= 4 is 45.1 Å². The number of rotatable bonds is 4. The Bertz CT molecular complexity index is 1260. The van der Waals surface area contributed by atoms with Crippen molar-refractivity contribution in [1.82, 2.24) is 9.88 Å². The Morgan fingerprint density at radius 1 is 1.15 bits per heavy atom. The summed E-state index contributed by atoms with van der Waals surface area (Å²) in [5, 5.41) is 5.44. The molecule has 3 aromatic rings. The monoisotopic (exact) mass is 478 g/mol. The second-order valence-corrected chi connectivity index (χ2v) is 10.3. The highest BCUT2D eigenvalue weighted by Crippen LogP contribution is 2.41. The molecule has 10 heteroatoms. The Balaban J connectivity index is 1.28. The molecular formula is C24H30N8OS+2. The first kappa shape index (κ1) is 21.3. The van der Waals surface area contributed by atoms with Gasteiger partial charge in [0.2, 0.25) is 11.9 Å². The second-order valence-electron chi connectivity index (χ2n) is 9.16. The van der Waals surface area contributed by atoms with Crippen molar-refractivity contribution in [2.75, 3.05) is 66.8 Å². The Morgan fingerprint density at radius 2 is 1.88 bits per heavy atom. The Kier molecular flexibility index (Phi) is 4.96. The minimum atomic E-state index is -0.0416. The lowest BCUT2D eigenvalue weighted by atomic mass is 10.2. The van der Waals surface area contributed by atoms with Gasteiger partial charge in [0.05, 0.1) is 5.01 Å². The highest BCUT2D eigenvalue weighted by molar-refractivity contribution is 7.16. The summed E-state index contributed by atoms with van der Waals surface area (Å²) in [5.41, 5.74) is 3.78. The maximum absolute atomic E-state index is 13.3. The van der Waals surface area contributed by atoms with E-state index in [9.17, 15) is 4.79 Å². The molecule has 9 nitrogen and oxygen atoms in total. The quantitative estimate of drug-likeness (QED) is 0.579. The van der Waals surface area contributed by atoms with Gasteiger partial charge < -0.3 is 9.80 Å². The van der Waals surface area contributed by atoms with Crippen LogP contribution in [0.4, 0.5) is 27.9 Å². The smallest absolute Gasteiger partial charge is 0.369 e. The summed E-state index contributed by atoms with van der Waals surface area (Å²) in [7, 11) is 4.20. The first-order chi connectivity index (χ1) is 16.4. The number of amides is 1. The minimum Gasteiger partial charge on any atom is -0.369 e. The number of benzene rings is 1. The number of aromatic nitrogens is 3. The lowest BCUT2D eigenvalue weighted by molar-refractivity contribution is -1.05. The van der Waals surface area contributed by atoms with Gasteiger partial charge in [-0.05, 0) is 49.7 Å². The summed E-state index contributed by atoms with van der Waals surface area (Å²) in [6.07, 6.45) is 4.09. The Labute approximate surface area is 203 Å². The van der Waals surface area contributed by atoms with Gasteiger partial charge in [0, 0.05) is 51.1 Å². The second kappa shape index (κ2) is 7.92. The Morgan fingerprint density at radius 3 is 2.59 bits per heavy atom. The van der Waals surface area contributed by atoms with E-state index >= 15 is 0 Å². The van der Waals surface area contributed by atoms with Crippen LogP contribution in [0.1, 0.15) is 28.7 Å². The molecule has 0 aliphatic carbocycles. The lowest BCUT2D eigenvalue weighted by Crippen LogP contribution is -2.74. The van der Waals surface area contributed by atoms with E-state index < -0.39 is 0 Å². The van der Waals surface area contributed by atoms with Crippen LogP contribution in [0.25, 0.3) is 0 Å². The molecule has 0 spiro atoms. The van der Waals surface area contributed by atoms with Crippen LogP contribution in [-0.4, -0.2) is 62.6 Å². The van der Waals surface area contributed by atoms with Crippen molar-refractivity contribution in [3.8, 4) is 0 Å². The van der Waals surface area contributed by atoms with Gasteiger partial charge in [0.15, 0.2) is 5.69 Å². The predicted molar refractivity (Wildman–Crippen MR) is 133 cm³/mol. The van der Waals surface area contributed by atoms with E-state index in [-0.39, 0.29) is 12.2 Å². The van der Waals surface area contributed by atoms with E-state index in [0.29, 0.717) is 12.2 Å². The van der Waals surface area contributed by atoms with Crippen LogP contribution in [0.5, 0.6) is 0 Å². The van der Waals surface area contributed by atoms with E-state index in [2.05, 4.69) is 78.0 Å². The lowest BCUT2D eigenvalue weighted by Gasteiger charge is -2.34. The molecule has 0 radical (unpaired) electrons. The molecule has 2 aromatic heterocycles. The average molecular weight is 479 g/mol. The summed E-state index contributed by atoms with van der Waals surface area (Å²) in [6, 6.07) is 8.71. The minimum absolute atomic E-state index is 0.0392. The van der Waals surface area contributed by atoms with Crippen LogP contribution in [0.2, 0.25) is 0 Å². The van der Waals surface area contributed by atoms with Gasteiger partial charge in [-0.2, -0.15) is 0 Å². The zero-order valence-electron chi connectivity index (χ0n) is 20.0. The van der Waals surface area contributed by atoms with Gasteiger partial charge in [-0.25, -0.2) is 4.98 Å². The number of hydrogen-bond donors (Lipinski definition) is 1. The van der Waals surface area contributed by atoms with E-state index in [4.69, 9.17) is 0 Å². The molecule has 4 aliphatic heterocycles. The van der Waals surface area contributed by atoms with Crippen molar-refractivity contribution in [2.45, 2.75) is 20.1 Å². The molecule has 1 fully saturated rings. The molecule has 1 N–H and O–H groups in total. The number of aryl methyl sites for hydroxylation is 1. The molecule has 0 saturated carbocycles. The molecule has 1 aromatic carbocycles. The first-order valence-corrected chi connectivity index (χ1v) is 12.6. The number of nitrogens with zero attached hydrogens (tertiary/aromatic N) is 7. The Hall–Kier alpha value is -3.24. The standard InChI is InChI=1S/C24H30N8OS/c1-5-31-19-14-30-15-32(21(19)28(4)23-20(22(31)33)25-16(2)34-23)24(30)26-17-6-8-18(9-7-17)29-12-10-27(3)11-13-29/h6-9,14-15,24,26H,5,10-13H2,1-4H3/q+2.